The van der Waals surface area contributed by atoms with E-state index >= 15 is 0 Å². The predicted molar refractivity (Wildman–Crippen MR) is 75.6 cm³/mol. The summed E-state index contributed by atoms with van der Waals surface area (Å²) in [6.07, 6.45) is 0. The molecule has 17 heavy (non-hydrogen) atoms. The Morgan fingerprint density at radius 2 is 1.76 bits per heavy atom. The van der Waals surface area contributed by atoms with Gasteiger partial charge in [-0.3, -0.25) is 0 Å². The van der Waals surface area contributed by atoms with Crippen molar-refractivity contribution in [3.63, 3.8) is 0 Å². The van der Waals surface area contributed by atoms with Crippen LogP contribution in [0.3, 0.4) is 0 Å². The number of para-hydroxylation sites is 1. The van der Waals surface area contributed by atoms with Gasteiger partial charge in [0.25, 0.3) is 0 Å². The maximum absolute atomic E-state index is 13.3. The molecule has 0 unspecified atom stereocenters. The first-order valence-electron chi connectivity index (χ1n) is 5.09. The van der Waals surface area contributed by atoms with Gasteiger partial charge in [-0.05, 0) is 61.7 Å². The minimum Gasteiger partial charge on any atom is -0.380 e. The molecule has 0 radical (unpaired) electrons. The molecule has 0 aliphatic carbocycles. The Kier molecular flexibility index (Phi) is 4.18. The van der Waals surface area contributed by atoms with Crippen molar-refractivity contribution in [2.24, 2.45) is 0 Å². The minimum atomic E-state index is -0.239. The smallest absolute Gasteiger partial charge is 0.137 e. The van der Waals surface area contributed by atoms with Gasteiger partial charge in [0.15, 0.2) is 0 Å². The molecule has 88 valence electrons. The molecule has 2 aromatic rings. The molecule has 0 saturated heterocycles. The van der Waals surface area contributed by atoms with Gasteiger partial charge in [0, 0.05) is 16.7 Å². The molecule has 2 rings (SSSR count). The Morgan fingerprint density at radius 3 is 2.47 bits per heavy atom. The molecule has 0 aromatic heterocycles. The maximum Gasteiger partial charge on any atom is 0.137 e. The molecule has 0 aliphatic heterocycles. The summed E-state index contributed by atoms with van der Waals surface area (Å²) < 4.78 is 14.8. The van der Waals surface area contributed by atoms with Crippen molar-refractivity contribution < 1.29 is 4.39 Å². The number of hydrogen-bond acceptors (Lipinski definition) is 1. The first kappa shape index (κ1) is 12.6. The van der Waals surface area contributed by atoms with Gasteiger partial charge in [-0.15, -0.1) is 0 Å². The second kappa shape index (κ2) is 5.65. The fourth-order valence-electron chi connectivity index (χ4n) is 1.45. The molecule has 1 N–H and O–H groups in total. The summed E-state index contributed by atoms with van der Waals surface area (Å²) in [7, 11) is 0. The van der Waals surface area contributed by atoms with Crippen molar-refractivity contribution in [2.45, 2.75) is 6.54 Å². The van der Waals surface area contributed by atoms with E-state index in [-0.39, 0.29) is 5.82 Å². The van der Waals surface area contributed by atoms with Crippen molar-refractivity contribution in [1.29, 1.82) is 0 Å². The Hall–Kier alpha value is -0.870. The average molecular weight is 359 g/mol. The van der Waals surface area contributed by atoms with Crippen LogP contribution in [0.5, 0.6) is 0 Å². The highest BCUT2D eigenvalue weighted by Crippen LogP contribution is 2.22. The Balaban J connectivity index is 2.08. The summed E-state index contributed by atoms with van der Waals surface area (Å²) >= 11 is 6.59. The molecule has 0 saturated carbocycles. The molecular weight excluding hydrogens is 349 g/mol. The van der Waals surface area contributed by atoms with Crippen LogP contribution < -0.4 is 5.32 Å². The molecule has 0 bridgehead atoms. The molecule has 0 amide bonds. The summed E-state index contributed by atoms with van der Waals surface area (Å²) in [6, 6.07) is 13.0. The predicted octanol–water partition coefficient (Wildman–Crippen LogP) is 4.96. The van der Waals surface area contributed by atoms with E-state index in [2.05, 4.69) is 37.2 Å². The highest BCUT2D eigenvalue weighted by molar-refractivity contribution is 9.10. The summed E-state index contributed by atoms with van der Waals surface area (Å²) in [5.74, 6) is -0.239. The van der Waals surface area contributed by atoms with Gasteiger partial charge in [-0.25, -0.2) is 4.39 Å². The second-order valence-corrected chi connectivity index (χ2v) is 5.29. The Morgan fingerprint density at radius 1 is 1.00 bits per heavy atom. The van der Waals surface area contributed by atoms with E-state index in [9.17, 15) is 4.39 Å². The van der Waals surface area contributed by atoms with E-state index in [0.717, 1.165) is 15.7 Å². The van der Waals surface area contributed by atoms with Gasteiger partial charge in [0.1, 0.15) is 5.82 Å². The number of hydrogen-bond donors (Lipinski definition) is 1. The molecule has 0 spiro atoms. The second-order valence-electron chi connectivity index (χ2n) is 3.58. The van der Waals surface area contributed by atoms with Crippen molar-refractivity contribution >= 4 is 37.5 Å². The van der Waals surface area contributed by atoms with Gasteiger partial charge in [-0.2, -0.15) is 0 Å². The lowest BCUT2D eigenvalue weighted by Gasteiger charge is -2.08. The van der Waals surface area contributed by atoms with E-state index in [1.807, 2.05) is 30.3 Å². The molecule has 2 aromatic carbocycles. The fraction of sp³-hybridized carbons (Fsp3) is 0.0769. The van der Waals surface area contributed by atoms with E-state index in [4.69, 9.17) is 0 Å². The summed E-state index contributed by atoms with van der Waals surface area (Å²) in [4.78, 5) is 0. The number of halogens is 3. The standard InChI is InChI=1S/C13H10Br2FN/c14-10-6-5-9(7-12(10)16)8-17-13-4-2-1-3-11(13)15/h1-7,17H,8H2. The van der Waals surface area contributed by atoms with Gasteiger partial charge in [0.2, 0.25) is 0 Å². The largest absolute Gasteiger partial charge is 0.380 e. The first-order chi connectivity index (χ1) is 8.16. The van der Waals surface area contributed by atoms with Crippen LogP contribution in [-0.4, -0.2) is 0 Å². The van der Waals surface area contributed by atoms with E-state index < -0.39 is 0 Å². The zero-order valence-electron chi connectivity index (χ0n) is 8.88. The number of anilines is 1. The van der Waals surface area contributed by atoms with Crippen LogP contribution in [0.15, 0.2) is 51.4 Å². The molecular formula is C13H10Br2FN. The van der Waals surface area contributed by atoms with E-state index in [1.54, 1.807) is 6.07 Å². The lowest BCUT2D eigenvalue weighted by Crippen LogP contribution is -2.00. The van der Waals surface area contributed by atoms with Crippen LogP contribution in [0.4, 0.5) is 10.1 Å². The maximum atomic E-state index is 13.3. The Labute approximate surface area is 116 Å². The molecule has 4 heteroatoms. The molecule has 0 fully saturated rings. The molecule has 1 nitrogen and oxygen atoms in total. The highest BCUT2D eigenvalue weighted by atomic mass is 79.9. The summed E-state index contributed by atoms with van der Waals surface area (Å²) in [5.41, 5.74) is 1.90. The molecule has 0 atom stereocenters. The monoisotopic (exact) mass is 357 g/mol. The van der Waals surface area contributed by atoms with E-state index in [0.29, 0.717) is 11.0 Å². The normalized spacial score (nSPS) is 10.3. The zero-order chi connectivity index (χ0) is 12.3. The molecule has 0 heterocycles. The number of rotatable bonds is 3. The number of nitrogens with one attached hydrogen (secondary N) is 1. The van der Waals surface area contributed by atoms with Crippen LogP contribution in [0.25, 0.3) is 0 Å². The van der Waals surface area contributed by atoms with Crippen molar-refractivity contribution in [1.82, 2.24) is 0 Å². The molecule has 0 aliphatic rings. The SMILES string of the molecule is Fc1cc(CNc2ccccc2Br)ccc1Br. The fourth-order valence-corrected chi connectivity index (χ4v) is 2.12. The van der Waals surface area contributed by atoms with Crippen LogP contribution in [-0.2, 0) is 6.54 Å². The van der Waals surface area contributed by atoms with Crippen LogP contribution in [0.2, 0.25) is 0 Å². The zero-order valence-corrected chi connectivity index (χ0v) is 12.1. The Bertz CT molecular complexity index is 529. The van der Waals surface area contributed by atoms with E-state index in [1.165, 1.54) is 6.07 Å². The number of benzene rings is 2. The third-order valence-corrected chi connectivity index (χ3v) is 3.68. The summed E-state index contributed by atoms with van der Waals surface area (Å²) in [5, 5.41) is 3.25. The van der Waals surface area contributed by atoms with Crippen LogP contribution in [0, 0.1) is 5.82 Å². The van der Waals surface area contributed by atoms with Crippen molar-refractivity contribution in [3.05, 3.63) is 62.8 Å². The van der Waals surface area contributed by atoms with Crippen molar-refractivity contribution in [2.75, 3.05) is 5.32 Å². The van der Waals surface area contributed by atoms with Gasteiger partial charge < -0.3 is 5.32 Å². The minimum absolute atomic E-state index is 0.239. The quantitative estimate of drug-likeness (QED) is 0.817. The van der Waals surface area contributed by atoms with Crippen LogP contribution >= 0.6 is 31.9 Å². The third kappa shape index (κ3) is 3.30. The third-order valence-electron chi connectivity index (χ3n) is 2.34. The lowest BCUT2D eigenvalue weighted by atomic mass is 10.2. The van der Waals surface area contributed by atoms with Gasteiger partial charge in [0.05, 0.1) is 4.47 Å². The first-order valence-corrected chi connectivity index (χ1v) is 6.68. The van der Waals surface area contributed by atoms with Crippen molar-refractivity contribution in [3.8, 4) is 0 Å². The lowest BCUT2D eigenvalue weighted by molar-refractivity contribution is 0.619. The average Bonchev–Trinajstić information content (AvgIpc) is 2.32. The van der Waals surface area contributed by atoms with Gasteiger partial charge >= 0.3 is 0 Å². The highest BCUT2D eigenvalue weighted by Gasteiger charge is 2.02. The topological polar surface area (TPSA) is 12.0 Å². The van der Waals surface area contributed by atoms with Gasteiger partial charge in [-0.1, -0.05) is 18.2 Å². The summed E-state index contributed by atoms with van der Waals surface area (Å²) in [6.45, 7) is 0.590. The van der Waals surface area contributed by atoms with Crippen LogP contribution in [0.1, 0.15) is 5.56 Å².